The van der Waals surface area contributed by atoms with Crippen LogP contribution in [0.25, 0.3) is 33.1 Å². The zero-order valence-electron chi connectivity index (χ0n) is 16.3. The smallest absolute Gasteiger partial charge is 0.206 e. The quantitative estimate of drug-likeness (QED) is 0.382. The van der Waals surface area contributed by atoms with Crippen LogP contribution in [0.4, 0.5) is 0 Å². The Morgan fingerprint density at radius 1 is 0.931 bits per heavy atom. The molecule has 0 saturated heterocycles. The Hall–Kier alpha value is -3.38. The van der Waals surface area contributed by atoms with Gasteiger partial charge in [-0.25, -0.2) is 4.68 Å². The number of hydrogen-bond donors (Lipinski definition) is 2. The second-order valence-electron chi connectivity index (χ2n) is 7.22. The predicted molar refractivity (Wildman–Crippen MR) is 122 cm³/mol. The van der Waals surface area contributed by atoms with Crippen molar-refractivity contribution in [1.29, 1.82) is 0 Å². The molecule has 0 aliphatic heterocycles. The first kappa shape index (κ1) is 17.7. The van der Waals surface area contributed by atoms with E-state index < -0.39 is 0 Å². The molecular formula is C23H21N5S. The summed E-state index contributed by atoms with van der Waals surface area (Å²) < 4.78 is 1.95. The van der Waals surface area contributed by atoms with Crippen LogP contribution >= 0.6 is 11.3 Å². The molecule has 0 bridgehead atoms. The normalized spacial score (nSPS) is 12.9. The lowest BCUT2D eigenvalue weighted by molar-refractivity contribution is 0.755. The molecule has 3 aromatic heterocycles. The van der Waals surface area contributed by atoms with Crippen molar-refractivity contribution in [2.75, 3.05) is 0 Å². The molecule has 6 heteroatoms. The number of hydrogen-bond acceptors (Lipinski definition) is 3. The Morgan fingerprint density at radius 2 is 1.62 bits per heavy atom. The molecule has 0 saturated carbocycles. The fourth-order valence-corrected chi connectivity index (χ4v) is 4.47. The number of aromatic nitrogens is 3. The van der Waals surface area contributed by atoms with E-state index in [2.05, 4.69) is 59.5 Å². The van der Waals surface area contributed by atoms with Crippen LogP contribution in [-0.2, 0) is 0 Å². The maximum Gasteiger partial charge on any atom is 0.206 e. The molecular weight excluding hydrogens is 378 g/mol. The third kappa shape index (κ3) is 3.21. The summed E-state index contributed by atoms with van der Waals surface area (Å²) in [6, 6.07) is 16.8. The third-order valence-corrected chi connectivity index (χ3v) is 5.68. The van der Waals surface area contributed by atoms with Crippen LogP contribution in [0.15, 0.2) is 76.4 Å². The molecule has 29 heavy (non-hydrogen) atoms. The molecule has 5 aromatic rings. The zero-order chi connectivity index (χ0) is 19.8. The molecule has 0 amide bonds. The van der Waals surface area contributed by atoms with E-state index >= 15 is 0 Å². The molecule has 5 nitrogen and oxygen atoms in total. The van der Waals surface area contributed by atoms with E-state index in [1.54, 1.807) is 11.3 Å². The highest BCUT2D eigenvalue weighted by atomic mass is 32.1. The second-order valence-corrected chi connectivity index (χ2v) is 8.06. The minimum absolute atomic E-state index is 0.194. The van der Waals surface area contributed by atoms with Gasteiger partial charge in [-0.05, 0) is 26.0 Å². The van der Waals surface area contributed by atoms with Crippen LogP contribution in [0.3, 0.4) is 0 Å². The van der Waals surface area contributed by atoms with Gasteiger partial charge in [0, 0.05) is 56.7 Å². The van der Waals surface area contributed by atoms with Gasteiger partial charge in [0.2, 0.25) is 4.80 Å². The first-order chi connectivity index (χ1) is 14.2. The molecule has 2 N–H and O–H groups in total. The van der Waals surface area contributed by atoms with E-state index in [9.17, 15) is 0 Å². The van der Waals surface area contributed by atoms with Gasteiger partial charge in [-0.1, -0.05) is 36.4 Å². The van der Waals surface area contributed by atoms with Crippen molar-refractivity contribution in [1.82, 2.24) is 14.6 Å². The summed E-state index contributed by atoms with van der Waals surface area (Å²) in [6.45, 7) is 4.16. The Bertz CT molecular complexity index is 1390. The number of H-pyrrole nitrogens is 2. The van der Waals surface area contributed by atoms with Gasteiger partial charge in [-0.2, -0.15) is 5.10 Å². The summed E-state index contributed by atoms with van der Waals surface area (Å²) in [5.41, 5.74) is 5.43. The summed E-state index contributed by atoms with van der Waals surface area (Å²) >= 11 is 1.61. The van der Waals surface area contributed by atoms with Gasteiger partial charge in [-0.3, -0.25) is 4.99 Å². The minimum atomic E-state index is 0.194. The van der Waals surface area contributed by atoms with E-state index in [-0.39, 0.29) is 6.04 Å². The van der Waals surface area contributed by atoms with Crippen molar-refractivity contribution < 1.29 is 0 Å². The van der Waals surface area contributed by atoms with Crippen LogP contribution in [0.2, 0.25) is 0 Å². The first-order valence-electron chi connectivity index (χ1n) is 9.62. The Balaban J connectivity index is 1.67. The van der Waals surface area contributed by atoms with Crippen molar-refractivity contribution in [3.63, 3.8) is 0 Å². The van der Waals surface area contributed by atoms with E-state index in [0.29, 0.717) is 0 Å². The van der Waals surface area contributed by atoms with E-state index in [1.807, 2.05) is 41.5 Å². The third-order valence-electron chi connectivity index (χ3n) is 4.85. The molecule has 0 radical (unpaired) electrons. The predicted octanol–water partition coefficient (Wildman–Crippen LogP) is 5.37. The van der Waals surface area contributed by atoms with Crippen molar-refractivity contribution in [2.45, 2.75) is 19.9 Å². The van der Waals surface area contributed by atoms with Crippen molar-refractivity contribution in [3.8, 4) is 11.3 Å². The monoisotopic (exact) mass is 399 g/mol. The molecule has 3 heterocycles. The minimum Gasteiger partial charge on any atom is -0.361 e. The van der Waals surface area contributed by atoms with E-state index in [1.165, 1.54) is 5.39 Å². The average Bonchev–Trinajstić information content (AvgIpc) is 3.43. The molecule has 2 aromatic carbocycles. The number of aromatic amines is 2. The fourth-order valence-electron chi connectivity index (χ4n) is 3.51. The topological polar surface area (TPSA) is 61.2 Å². The summed E-state index contributed by atoms with van der Waals surface area (Å²) in [7, 11) is 0. The second kappa shape index (κ2) is 7.22. The Kier molecular flexibility index (Phi) is 4.41. The first-order valence-corrected chi connectivity index (χ1v) is 10.5. The number of thiazole rings is 1. The highest BCUT2D eigenvalue weighted by Crippen LogP contribution is 2.29. The van der Waals surface area contributed by atoms with Gasteiger partial charge in [0.15, 0.2) is 0 Å². The molecule has 0 fully saturated rings. The maximum absolute atomic E-state index is 4.85. The number of fused-ring (bicyclic) bond motifs is 2. The summed E-state index contributed by atoms with van der Waals surface area (Å²) in [5, 5.41) is 9.31. The summed E-state index contributed by atoms with van der Waals surface area (Å²) in [4.78, 5) is 12.3. The zero-order valence-corrected chi connectivity index (χ0v) is 17.1. The number of rotatable bonds is 4. The molecule has 0 unspecified atom stereocenters. The fraction of sp³-hybridized carbons (Fsp3) is 0.130. The molecule has 0 atom stereocenters. The van der Waals surface area contributed by atoms with Crippen LogP contribution in [0.1, 0.15) is 19.4 Å². The lowest BCUT2D eigenvalue weighted by atomic mass is 10.1. The van der Waals surface area contributed by atoms with Gasteiger partial charge < -0.3 is 9.97 Å². The van der Waals surface area contributed by atoms with Gasteiger partial charge in [0.05, 0.1) is 11.9 Å². The molecule has 144 valence electrons. The van der Waals surface area contributed by atoms with Crippen LogP contribution in [0, 0.1) is 0 Å². The SMILES string of the molecule is CC(C)N=c1scc(-c2c[nH]c3ccccc23)n1/N=C/c1c[nH]c2ccccc12. The van der Waals surface area contributed by atoms with Crippen LogP contribution < -0.4 is 4.80 Å². The number of nitrogens with one attached hydrogen (secondary N) is 2. The lowest BCUT2D eigenvalue weighted by Crippen LogP contribution is -2.14. The highest BCUT2D eigenvalue weighted by molar-refractivity contribution is 7.07. The van der Waals surface area contributed by atoms with Gasteiger partial charge >= 0.3 is 0 Å². The van der Waals surface area contributed by atoms with Crippen LogP contribution in [0.5, 0.6) is 0 Å². The molecule has 0 aliphatic rings. The number of benzene rings is 2. The van der Waals surface area contributed by atoms with Crippen LogP contribution in [-0.4, -0.2) is 26.9 Å². The van der Waals surface area contributed by atoms with Crippen molar-refractivity contribution >= 4 is 39.4 Å². The van der Waals surface area contributed by atoms with E-state index in [4.69, 9.17) is 10.1 Å². The average molecular weight is 400 g/mol. The summed E-state index contributed by atoms with van der Waals surface area (Å²) in [5.74, 6) is 0. The maximum atomic E-state index is 4.85. The number of nitrogens with zero attached hydrogens (tertiary/aromatic N) is 3. The highest BCUT2D eigenvalue weighted by Gasteiger charge is 2.12. The molecule has 0 aliphatic carbocycles. The van der Waals surface area contributed by atoms with Gasteiger partial charge in [-0.15, -0.1) is 11.3 Å². The van der Waals surface area contributed by atoms with Crippen molar-refractivity contribution in [3.05, 3.63) is 76.7 Å². The Labute approximate surface area is 172 Å². The lowest BCUT2D eigenvalue weighted by Gasteiger charge is -2.03. The van der Waals surface area contributed by atoms with E-state index in [0.717, 1.165) is 38.0 Å². The van der Waals surface area contributed by atoms with Crippen molar-refractivity contribution in [2.24, 2.45) is 10.1 Å². The molecule has 5 rings (SSSR count). The largest absolute Gasteiger partial charge is 0.361 e. The van der Waals surface area contributed by atoms with Gasteiger partial charge in [0.25, 0.3) is 0 Å². The summed E-state index contributed by atoms with van der Waals surface area (Å²) in [6.07, 6.45) is 5.94. The Morgan fingerprint density at radius 3 is 2.41 bits per heavy atom. The number of para-hydroxylation sites is 2. The standard InChI is InChI=1S/C23H21N5S/c1-15(2)27-23-28(26-12-16-11-24-20-9-5-3-7-17(16)20)22(14-29-23)19-13-25-21-10-6-4-8-18(19)21/h3-15,24-25H,1-2H3/b26-12+,27-23?. The van der Waals surface area contributed by atoms with Gasteiger partial charge in [0.1, 0.15) is 0 Å². The molecule has 0 spiro atoms.